The first-order valence-electron chi connectivity index (χ1n) is 9.70. The van der Waals surface area contributed by atoms with Crippen molar-refractivity contribution in [1.82, 2.24) is 5.32 Å². The highest BCUT2D eigenvalue weighted by Crippen LogP contribution is 2.22. The maximum atomic E-state index is 11.9. The molecule has 0 spiro atoms. The van der Waals surface area contributed by atoms with Crippen molar-refractivity contribution in [3.05, 3.63) is 59.2 Å². The summed E-state index contributed by atoms with van der Waals surface area (Å²) in [6.07, 6.45) is 1.52. The Morgan fingerprint density at radius 2 is 2.07 bits per heavy atom. The third-order valence-electron chi connectivity index (χ3n) is 4.73. The van der Waals surface area contributed by atoms with Gasteiger partial charge in [-0.1, -0.05) is 12.1 Å². The number of carbonyl (C=O) groups excluding carboxylic acids is 2. The number of aryl methyl sites for hydroxylation is 1. The zero-order valence-corrected chi connectivity index (χ0v) is 17.5. The maximum Gasteiger partial charge on any atom is 0.338 e. The van der Waals surface area contributed by atoms with Gasteiger partial charge in [-0.3, -0.25) is 4.79 Å². The predicted octanol–water partition coefficient (Wildman–Crippen LogP) is 3.79. The van der Waals surface area contributed by atoms with E-state index in [1.54, 1.807) is 19.1 Å². The van der Waals surface area contributed by atoms with Crippen LogP contribution in [0, 0.1) is 6.92 Å². The molecule has 29 heavy (non-hydrogen) atoms. The van der Waals surface area contributed by atoms with Gasteiger partial charge in [0.25, 0.3) is 0 Å². The summed E-state index contributed by atoms with van der Waals surface area (Å²) in [6.45, 7) is 5.35. The lowest BCUT2D eigenvalue weighted by Crippen LogP contribution is -2.28. The molecule has 0 aliphatic carbocycles. The monoisotopic (exact) mass is 411 g/mol. The fourth-order valence-corrected chi connectivity index (χ4v) is 3.43. The number of esters is 1. The molecule has 152 valence electrons. The Balaban J connectivity index is 1.58. The van der Waals surface area contributed by atoms with Crippen LogP contribution in [0.1, 0.15) is 41.3 Å². The largest absolute Gasteiger partial charge is 0.462 e. The first-order chi connectivity index (χ1) is 14.0. The number of amides is 1. The fourth-order valence-electron chi connectivity index (χ4n) is 3.25. The molecule has 1 saturated heterocycles. The molecule has 1 aliphatic heterocycles. The van der Waals surface area contributed by atoms with Crippen LogP contribution in [-0.2, 0) is 16.1 Å². The molecule has 6 nitrogen and oxygen atoms in total. The van der Waals surface area contributed by atoms with Crippen LogP contribution in [0.5, 0.6) is 0 Å². The van der Waals surface area contributed by atoms with Crippen molar-refractivity contribution in [2.45, 2.75) is 33.2 Å². The number of hydrogen-bond donors (Lipinski definition) is 2. The van der Waals surface area contributed by atoms with E-state index < -0.39 is 0 Å². The number of rotatable bonds is 6. The second kappa shape index (κ2) is 9.52. The zero-order chi connectivity index (χ0) is 20.8. The van der Waals surface area contributed by atoms with Gasteiger partial charge in [0, 0.05) is 30.9 Å². The highest BCUT2D eigenvalue weighted by Gasteiger charge is 2.21. The van der Waals surface area contributed by atoms with Crippen molar-refractivity contribution in [3.8, 4) is 0 Å². The van der Waals surface area contributed by atoms with Crippen LogP contribution in [0.3, 0.4) is 0 Å². The Hall–Kier alpha value is -2.93. The molecule has 2 aromatic rings. The molecule has 0 aromatic heterocycles. The van der Waals surface area contributed by atoms with Gasteiger partial charge < -0.3 is 20.3 Å². The molecule has 1 aliphatic rings. The van der Waals surface area contributed by atoms with Crippen molar-refractivity contribution in [2.75, 3.05) is 23.4 Å². The number of hydrogen-bond acceptors (Lipinski definition) is 4. The van der Waals surface area contributed by atoms with Gasteiger partial charge in [-0.25, -0.2) is 4.79 Å². The summed E-state index contributed by atoms with van der Waals surface area (Å²) in [6, 6.07) is 13.2. The average Bonchev–Trinajstić information content (AvgIpc) is 3.14. The first-order valence-corrected chi connectivity index (χ1v) is 10.1. The van der Waals surface area contributed by atoms with Crippen LogP contribution in [0.2, 0.25) is 0 Å². The molecule has 0 bridgehead atoms. The molecule has 2 aromatic carbocycles. The Morgan fingerprint density at radius 1 is 1.24 bits per heavy atom. The molecule has 2 N–H and O–H groups in total. The van der Waals surface area contributed by atoms with Crippen LogP contribution in [0.4, 0.5) is 11.4 Å². The third-order valence-corrected chi connectivity index (χ3v) is 4.98. The van der Waals surface area contributed by atoms with E-state index in [4.69, 9.17) is 17.0 Å². The second-order valence-corrected chi connectivity index (χ2v) is 7.28. The molecule has 0 unspecified atom stereocenters. The molecular weight excluding hydrogens is 386 g/mol. The van der Waals surface area contributed by atoms with E-state index in [0.29, 0.717) is 30.2 Å². The maximum absolute atomic E-state index is 11.9. The van der Waals surface area contributed by atoms with Gasteiger partial charge in [-0.15, -0.1) is 0 Å². The zero-order valence-electron chi connectivity index (χ0n) is 16.7. The standard InChI is InChI=1S/C22H25N3O3S/c1-3-28-21(27)17-9-10-19(15(2)12-17)24-22(29)23-14-16-6-4-7-18(13-16)25-11-5-8-20(25)26/h4,6-7,9-10,12-13H,3,5,8,11,14H2,1-2H3,(H2,23,24,29). The summed E-state index contributed by atoms with van der Waals surface area (Å²) in [4.78, 5) is 25.6. The number of anilines is 2. The SMILES string of the molecule is CCOC(=O)c1ccc(NC(=S)NCc2cccc(N3CCCC3=O)c2)c(C)c1. The van der Waals surface area contributed by atoms with Crippen LogP contribution >= 0.6 is 12.2 Å². The highest BCUT2D eigenvalue weighted by molar-refractivity contribution is 7.80. The Kier molecular flexibility index (Phi) is 6.82. The summed E-state index contributed by atoms with van der Waals surface area (Å²) in [5, 5.41) is 6.83. The Labute approximate surface area is 176 Å². The molecule has 7 heteroatoms. The highest BCUT2D eigenvalue weighted by atomic mass is 32.1. The van der Waals surface area contributed by atoms with Gasteiger partial charge in [-0.2, -0.15) is 0 Å². The van der Waals surface area contributed by atoms with Crippen LogP contribution in [0.15, 0.2) is 42.5 Å². The quantitative estimate of drug-likeness (QED) is 0.557. The van der Waals surface area contributed by atoms with Gasteiger partial charge in [0.2, 0.25) is 5.91 Å². The van der Waals surface area contributed by atoms with E-state index in [-0.39, 0.29) is 11.9 Å². The minimum atomic E-state index is -0.334. The van der Waals surface area contributed by atoms with Crippen molar-refractivity contribution >= 4 is 40.6 Å². The van der Waals surface area contributed by atoms with Gasteiger partial charge >= 0.3 is 5.97 Å². The molecule has 1 heterocycles. The average molecular weight is 412 g/mol. The molecule has 1 amide bonds. The van der Waals surface area contributed by atoms with E-state index in [9.17, 15) is 9.59 Å². The van der Waals surface area contributed by atoms with Crippen molar-refractivity contribution in [3.63, 3.8) is 0 Å². The Morgan fingerprint density at radius 3 is 2.76 bits per heavy atom. The van der Waals surface area contributed by atoms with Gasteiger partial charge in [0.15, 0.2) is 5.11 Å². The molecule has 1 fully saturated rings. The fraction of sp³-hybridized carbons (Fsp3) is 0.318. The minimum absolute atomic E-state index is 0.175. The number of thiocarbonyl (C=S) groups is 1. The van der Waals surface area contributed by atoms with Gasteiger partial charge in [0.05, 0.1) is 12.2 Å². The smallest absolute Gasteiger partial charge is 0.338 e. The normalized spacial score (nSPS) is 13.3. The lowest BCUT2D eigenvalue weighted by Gasteiger charge is -2.17. The first kappa shape index (κ1) is 20.8. The number of ether oxygens (including phenoxy) is 1. The summed E-state index contributed by atoms with van der Waals surface area (Å²) in [5.74, 6) is -0.159. The van der Waals surface area contributed by atoms with Crippen LogP contribution in [-0.4, -0.2) is 30.1 Å². The van der Waals surface area contributed by atoms with Crippen LogP contribution in [0.25, 0.3) is 0 Å². The summed E-state index contributed by atoms with van der Waals surface area (Å²) in [5.41, 5.74) is 4.21. The lowest BCUT2D eigenvalue weighted by atomic mass is 10.1. The summed E-state index contributed by atoms with van der Waals surface area (Å²) >= 11 is 5.40. The molecule has 0 saturated carbocycles. The van der Waals surface area contributed by atoms with E-state index >= 15 is 0 Å². The van der Waals surface area contributed by atoms with Gasteiger partial charge in [0.1, 0.15) is 0 Å². The minimum Gasteiger partial charge on any atom is -0.462 e. The molecule has 0 radical (unpaired) electrons. The molecule has 0 atom stereocenters. The Bertz CT molecular complexity index is 929. The number of carbonyl (C=O) groups is 2. The topological polar surface area (TPSA) is 70.7 Å². The molecular formula is C22H25N3O3S. The summed E-state index contributed by atoms with van der Waals surface area (Å²) in [7, 11) is 0. The van der Waals surface area contributed by atoms with Crippen LogP contribution < -0.4 is 15.5 Å². The van der Waals surface area contributed by atoms with E-state index in [1.165, 1.54) is 0 Å². The van der Waals surface area contributed by atoms with Crippen molar-refractivity contribution in [1.29, 1.82) is 0 Å². The summed E-state index contributed by atoms with van der Waals surface area (Å²) < 4.78 is 5.02. The van der Waals surface area contributed by atoms with E-state index in [2.05, 4.69) is 10.6 Å². The lowest BCUT2D eigenvalue weighted by molar-refractivity contribution is -0.117. The van der Waals surface area contributed by atoms with E-state index in [0.717, 1.165) is 35.5 Å². The number of nitrogens with one attached hydrogen (secondary N) is 2. The number of nitrogens with zero attached hydrogens (tertiary/aromatic N) is 1. The third kappa shape index (κ3) is 5.32. The van der Waals surface area contributed by atoms with Gasteiger partial charge in [-0.05, 0) is 73.9 Å². The molecule has 3 rings (SSSR count). The van der Waals surface area contributed by atoms with E-state index in [1.807, 2.05) is 42.2 Å². The second-order valence-electron chi connectivity index (χ2n) is 6.88. The van der Waals surface area contributed by atoms with Crippen molar-refractivity contribution in [2.24, 2.45) is 0 Å². The number of benzene rings is 2. The van der Waals surface area contributed by atoms with Crippen molar-refractivity contribution < 1.29 is 14.3 Å². The predicted molar refractivity (Wildman–Crippen MR) is 118 cm³/mol.